The molecule has 0 aromatic heterocycles. The van der Waals surface area contributed by atoms with Gasteiger partial charge in [0, 0.05) is 0 Å². The zero-order chi connectivity index (χ0) is 33.3. The molecule has 0 unspecified atom stereocenters. The van der Waals surface area contributed by atoms with E-state index in [-0.39, 0.29) is 31.7 Å². The van der Waals surface area contributed by atoms with Gasteiger partial charge in [-0.05, 0) is 0 Å². The van der Waals surface area contributed by atoms with Crippen molar-refractivity contribution in [2.45, 2.75) is 24.1 Å². The van der Waals surface area contributed by atoms with Crippen molar-refractivity contribution in [1.82, 2.24) is 0 Å². The Bertz CT molecular complexity index is 1870. The van der Waals surface area contributed by atoms with Crippen molar-refractivity contribution >= 4 is 30.6 Å². The van der Waals surface area contributed by atoms with Crippen LogP contribution in [0.25, 0.3) is 11.1 Å². The fourth-order valence-electron chi connectivity index (χ4n) is 5.11. The second-order valence-electron chi connectivity index (χ2n) is 10.4. The van der Waals surface area contributed by atoms with Gasteiger partial charge in [0.1, 0.15) is 0 Å². The SMILES string of the molecule is FC(F)(F)c1ccccc1C#C/C(=C/C(CC[Se]c1ccccc1)=C(c1ccccc1)c1ccccc1)c1ccccc1C(F)(F)F. The minimum atomic E-state index is -4.72. The van der Waals surface area contributed by atoms with Crippen molar-refractivity contribution in [3.05, 3.63) is 185 Å². The third-order valence-electron chi connectivity index (χ3n) is 7.23. The molecule has 0 fully saturated rings. The number of rotatable bonds is 8. The van der Waals surface area contributed by atoms with E-state index in [4.69, 9.17) is 0 Å². The molecule has 0 amide bonds. The van der Waals surface area contributed by atoms with Crippen molar-refractivity contribution in [3.8, 4) is 11.8 Å². The Balaban J connectivity index is 1.78. The number of hydrogen-bond donors (Lipinski definition) is 0. The molecule has 0 bridgehead atoms. The normalized spacial score (nSPS) is 11.8. The first-order chi connectivity index (χ1) is 22.6. The van der Waals surface area contributed by atoms with E-state index in [2.05, 4.69) is 11.8 Å². The van der Waals surface area contributed by atoms with E-state index in [1.165, 1.54) is 40.9 Å². The Morgan fingerprint density at radius 1 is 0.574 bits per heavy atom. The summed E-state index contributed by atoms with van der Waals surface area (Å²) in [5.74, 6) is 5.33. The Kier molecular flexibility index (Phi) is 10.9. The molecule has 0 aliphatic rings. The second-order valence-corrected chi connectivity index (χ2v) is 12.9. The summed E-state index contributed by atoms with van der Waals surface area (Å²) in [7, 11) is 0. The first-order valence-electron chi connectivity index (χ1n) is 14.7. The summed E-state index contributed by atoms with van der Waals surface area (Å²) in [5, 5.41) is 0.727. The molecule has 0 atom stereocenters. The van der Waals surface area contributed by atoms with Gasteiger partial charge < -0.3 is 0 Å². The van der Waals surface area contributed by atoms with Crippen LogP contribution in [-0.4, -0.2) is 15.0 Å². The van der Waals surface area contributed by atoms with Crippen LogP contribution >= 0.6 is 0 Å². The Morgan fingerprint density at radius 2 is 1.06 bits per heavy atom. The summed E-state index contributed by atoms with van der Waals surface area (Å²) in [4.78, 5) is 0. The summed E-state index contributed by atoms with van der Waals surface area (Å²) < 4.78 is 85.9. The van der Waals surface area contributed by atoms with E-state index >= 15 is 0 Å². The van der Waals surface area contributed by atoms with Gasteiger partial charge in [0.25, 0.3) is 0 Å². The van der Waals surface area contributed by atoms with Crippen molar-refractivity contribution in [2.24, 2.45) is 0 Å². The molecule has 5 rings (SSSR count). The quantitative estimate of drug-likeness (QED) is 0.0654. The average molecular weight is 702 g/mol. The van der Waals surface area contributed by atoms with Crippen LogP contribution in [-0.2, 0) is 12.4 Å². The molecule has 47 heavy (non-hydrogen) atoms. The van der Waals surface area contributed by atoms with E-state index in [1.807, 2.05) is 91.0 Å². The maximum absolute atomic E-state index is 14.4. The Labute approximate surface area is 276 Å². The average Bonchev–Trinajstić information content (AvgIpc) is 3.07. The summed E-state index contributed by atoms with van der Waals surface area (Å²) in [6, 6.07) is 38.9. The molecule has 0 aliphatic heterocycles. The molecular weight excluding hydrogens is 673 g/mol. The number of halogens is 6. The zero-order valence-electron chi connectivity index (χ0n) is 24.9. The van der Waals surface area contributed by atoms with Gasteiger partial charge in [-0.3, -0.25) is 0 Å². The van der Waals surface area contributed by atoms with Crippen LogP contribution < -0.4 is 4.46 Å². The van der Waals surface area contributed by atoms with Crippen LogP contribution in [0.5, 0.6) is 0 Å². The maximum atomic E-state index is 14.4. The first kappa shape index (κ1) is 33.6. The molecule has 0 spiro atoms. The molecular formula is C40H28F6Se. The topological polar surface area (TPSA) is 0 Å². The van der Waals surface area contributed by atoms with E-state index < -0.39 is 23.5 Å². The van der Waals surface area contributed by atoms with E-state index in [1.54, 1.807) is 6.08 Å². The van der Waals surface area contributed by atoms with Gasteiger partial charge in [0.15, 0.2) is 0 Å². The van der Waals surface area contributed by atoms with E-state index in [9.17, 15) is 26.3 Å². The third kappa shape index (κ3) is 8.95. The fraction of sp³-hybridized carbons (Fsp3) is 0.100. The zero-order valence-corrected chi connectivity index (χ0v) is 26.7. The predicted molar refractivity (Wildman–Crippen MR) is 178 cm³/mol. The third-order valence-corrected chi connectivity index (χ3v) is 9.36. The summed E-state index contributed by atoms with van der Waals surface area (Å²) in [6.07, 6.45) is -7.28. The van der Waals surface area contributed by atoms with Crippen LogP contribution in [0.15, 0.2) is 151 Å². The van der Waals surface area contributed by atoms with Gasteiger partial charge in [0.2, 0.25) is 0 Å². The van der Waals surface area contributed by atoms with Crippen LogP contribution in [0.2, 0.25) is 5.32 Å². The standard InChI is InChI=1S/C40H28F6Se/c41-39(42,43)36-22-12-10-14-29(36)24-25-32(35-21-11-13-23-37(35)40(44,45)46)28-33(26-27-47-34-19-8-3-9-20-34)38(30-15-4-1-5-16-30)31-17-6-2-7-18-31/h1-23,28H,26-27H2/b32-28-. The predicted octanol–water partition coefficient (Wildman–Crippen LogP) is 10.5. The minimum absolute atomic E-state index is 0.0264. The van der Waals surface area contributed by atoms with Gasteiger partial charge in [-0.1, -0.05) is 0 Å². The molecule has 7 heteroatoms. The molecule has 0 radical (unpaired) electrons. The van der Waals surface area contributed by atoms with Gasteiger partial charge in [-0.2, -0.15) is 0 Å². The number of hydrogen-bond acceptors (Lipinski definition) is 0. The Hall–Kier alpha value is -4.76. The monoisotopic (exact) mass is 702 g/mol. The van der Waals surface area contributed by atoms with Gasteiger partial charge in [-0.15, -0.1) is 0 Å². The van der Waals surface area contributed by atoms with Crippen molar-refractivity contribution < 1.29 is 26.3 Å². The van der Waals surface area contributed by atoms with Gasteiger partial charge in [-0.25, -0.2) is 0 Å². The van der Waals surface area contributed by atoms with Crippen molar-refractivity contribution in [2.75, 3.05) is 0 Å². The van der Waals surface area contributed by atoms with Gasteiger partial charge in [0.05, 0.1) is 0 Å². The summed E-state index contributed by atoms with van der Waals surface area (Å²) in [5.41, 5.74) is 0.835. The Morgan fingerprint density at radius 3 is 1.64 bits per heavy atom. The molecule has 0 aliphatic carbocycles. The summed E-state index contributed by atoms with van der Waals surface area (Å²) >= 11 is 0.0558. The molecule has 5 aromatic carbocycles. The molecule has 0 nitrogen and oxygen atoms in total. The number of allylic oxidation sites excluding steroid dienone is 3. The fourth-order valence-corrected chi connectivity index (χ4v) is 7.01. The molecule has 0 saturated heterocycles. The summed E-state index contributed by atoms with van der Waals surface area (Å²) in [6.45, 7) is 0. The molecule has 0 N–H and O–H groups in total. The molecule has 5 aromatic rings. The van der Waals surface area contributed by atoms with Crippen LogP contribution in [0, 0.1) is 11.8 Å². The van der Waals surface area contributed by atoms with E-state index in [0.29, 0.717) is 6.42 Å². The van der Waals surface area contributed by atoms with Crippen LogP contribution in [0.3, 0.4) is 0 Å². The molecule has 0 saturated carbocycles. The van der Waals surface area contributed by atoms with Crippen molar-refractivity contribution in [1.29, 1.82) is 0 Å². The molecule has 0 heterocycles. The first-order valence-corrected chi connectivity index (χ1v) is 16.8. The van der Waals surface area contributed by atoms with E-state index in [0.717, 1.165) is 39.7 Å². The van der Waals surface area contributed by atoms with Crippen LogP contribution in [0.1, 0.15) is 39.8 Å². The van der Waals surface area contributed by atoms with Crippen molar-refractivity contribution in [3.63, 3.8) is 0 Å². The number of alkyl halides is 6. The second kappa shape index (κ2) is 15.2. The van der Waals surface area contributed by atoms with Gasteiger partial charge >= 0.3 is 277 Å². The van der Waals surface area contributed by atoms with Crippen LogP contribution in [0.4, 0.5) is 26.3 Å². The number of benzene rings is 5. The molecule has 236 valence electrons.